The smallest absolute Gasteiger partial charge is 0.254 e. The van der Waals surface area contributed by atoms with Gasteiger partial charge in [0.25, 0.3) is 5.91 Å². The first-order valence-electron chi connectivity index (χ1n) is 11.3. The third kappa shape index (κ3) is 6.36. The predicted octanol–water partition coefficient (Wildman–Crippen LogP) is 6.70. The normalized spacial score (nSPS) is 15.0. The Kier molecular flexibility index (Phi) is 8.57. The second-order valence-electron chi connectivity index (χ2n) is 8.14. The Bertz CT molecular complexity index is 1450. The van der Waals surface area contributed by atoms with Gasteiger partial charge in [0.15, 0.2) is 0 Å². The highest BCUT2D eigenvalue weighted by atomic mass is 35.5. The molecule has 1 aliphatic rings. The number of allylic oxidation sites excluding steroid dienone is 2. The van der Waals surface area contributed by atoms with Gasteiger partial charge < -0.3 is 16.0 Å². The summed E-state index contributed by atoms with van der Waals surface area (Å²) in [7, 11) is 0. The molecule has 186 valence electrons. The van der Waals surface area contributed by atoms with Crippen LogP contribution in [0.25, 0.3) is 0 Å². The zero-order valence-electron chi connectivity index (χ0n) is 19.7. The minimum atomic E-state index is -0.720. The molecular weight excluding hydrogens is 527 g/mol. The number of hydrogen-bond donors (Lipinski definition) is 3. The van der Waals surface area contributed by atoms with Crippen LogP contribution in [0.3, 0.4) is 0 Å². The van der Waals surface area contributed by atoms with Crippen LogP contribution in [0.1, 0.15) is 18.4 Å². The van der Waals surface area contributed by atoms with Gasteiger partial charge in [-0.2, -0.15) is 5.26 Å². The first-order valence-corrected chi connectivity index (χ1v) is 13.0. The highest BCUT2D eigenvalue weighted by Gasteiger charge is 2.35. The number of halogens is 2. The van der Waals surface area contributed by atoms with E-state index in [1.807, 2.05) is 24.3 Å². The standard InChI is InChI=1S/C28H22Cl2N4O2S/c1-17-25(27(36)34-19-9-3-2-4-10-19)26(21-12-5-6-13-23(21)30)22(15-31)28(32-17)37-16-24(35)33-20-11-7-8-18(29)14-20/h2-14,26,32H,16H2,1H3,(H,33,35)(H,34,36). The Balaban J connectivity index is 1.64. The van der Waals surface area contributed by atoms with Crippen LogP contribution in [0.5, 0.6) is 0 Å². The van der Waals surface area contributed by atoms with Crippen LogP contribution in [0.15, 0.2) is 101 Å². The van der Waals surface area contributed by atoms with E-state index >= 15 is 0 Å². The van der Waals surface area contributed by atoms with Gasteiger partial charge in [0, 0.05) is 32.7 Å². The van der Waals surface area contributed by atoms with Crippen molar-refractivity contribution in [2.24, 2.45) is 0 Å². The average Bonchev–Trinajstić information content (AvgIpc) is 2.88. The van der Waals surface area contributed by atoms with Gasteiger partial charge >= 0.3 is 0 Å². The van der Waals surface area contributed by atoms with Gasteiger partial charge in [-0.1, -0.05) is 77.4 Å². The molecule has 37 heavy (non-hydrogen) atoms. The first-order chi connectivity index (χ1) is 17.9. The molecule has 1 heterocycles. The number of amides is 2. The number of benzene rings is 3. The molecule has 0 fully saturated rings. The Morgan fingerprint density at radius 3 is 2.38 bits per heavy atom. The maximum atomic E-state index is 13.5. The third-order valence-corrected chi connectivity index (χ3v) is 7.19. The molecule has 1 unspecified atom stereocenters. The van der Waals surface area contributed by atoms with Gasteiger partial charge in [0.05, 0.1) is 28.3 Å². The number of nitrogens with zero attached hydrogens (tertiary/aromatic N) is 1. The van der Waals surface area contributed by atoms with Crippen molar-refractivity contribution >= 4 is 58.2 Å². The van der Waals surface area contributed by atoms with E-state index in [-0.39, 0.29) is 17.6 Å². The van der Waals surface area contributed by atoms with Crippen molar-refractivity contribution in [3.8, 4) is 6.07 Å². The zero-order valence-corrected chi connectivity index (χ0v) is 22.0. The summed E-state index contributed by atoms with van der Waals surface area (Å²) in [5, 5.41) is 20.5. The van der Waals surface area contributed by atoms with E-state index < -0.39 is 5.92 Å². The molecule has 0 saturated heterocycles. The molecule has 3 aromatic carbocycles. The maximum absolute atomic E-state index is 13.5. The lowest BCUT2D eigenvalue weighted by Gasteiger charge is -2.30. The molecule has 6 nitrogen and oxygen atoms in total. The van der Waals surface area contributed by atoms with E-state index in [0.29, 0.717) is 48.9 Å². The number of hydrogen-bond acceptors (Lipinski definition) is 5. The van der Waals surface area contributed by atoms with E-state index in [4.69, 9.17) is 23.2 Å². The van der Waals surface area contributed by atoms with Crippen molar-refractivity contribution in [2.45, 2.75) is 12.8 Å². The fraction of sp³-hybridized carbons (Fsp3) is 0.107. The number of para-hydroxylation sites is 1. The Labute approximate surface area is 229 Å². The molecule has 1 atom stereocenters. The molecule has 0 radical (unpaired) electrons. The Morgan fingerprint density at radius 1 is 0.973 bits per heavy atom. The molecule has 0 spiro atoms. The molecule has 4 rings (SSSR count). The molecule has 9 heteroatoms. The lowest BCUT2D eigenvalue weighted by molar-refractivity contribution is -0.114. The molecular formula is C28H22Cl2N4O2S. The second-order valence-corrected chi connectivity index (χ2v) is 9.97. The molecule has 0 bridgehead atoms. The summed E-state index contributed by atoms with van der Waals surface area (Å²) < 4.78 is 0. The SMILES string of the molecule is CC1=C(C(=O)Nc2ccccc2)C(c2ccccc2Cl)C(C#N)=C(SCC(=O)Nc2cccc(Cl)c2)N1. The van der Waals surface area contributed by atoms with Crippen LogP contribution >= 0.6 is 35.0 Å². The lowest BCUT2D eigenvalue weighted by Crippen LogP contribution is -2.31. The van der Waals surface area contributed by atoms with Gasteiger partial charge in [0.1, 0.15) is 0 Å². The zero-order chi connectivity index (χ0) is 26.4. The molecule has 0 aliphatic carbocycles. The van der Waals surface area contributed by atoms with Crippen molar-refractivity contribution in [1.29, 1.82) is 5.26 Å². The van der Waals surface area contributed by atoms with Gasteiger partial charge in [-0.3, -0.25) is 9.59 Å². The van der Waals surface area contributed by atoms with Gasteiger partial charge in [-0.25, -0.2) is 0 Å². The fourth-order valence-electron chi connectivity index (χ4n) is 3.97. The number of dihydropyridines is 1. The van der Waals surface area contributed by atoms with Crippen molar-refractivity contribution < 1.29 is 9.59 Å². The van der Waals surface area contributed by atoms with E-state index in [9.17, 15) is 14.9 Å². The van der Waals surface area contributed by atoms with Crippen molar-refractivity contribution in [2.75, 3.05) is 16.4 Å². The number of thioether (sulfide) groups is 1. The first kappa shape index (κ1) is 26.4. The molecule has 2 amide bonds. The van der Waals surface area contributed by atoms with Crippen LogP contribution < -0.4 is 16.0 Å². The molecule has 3 aromatic rings. The lowest BCUT2D eigenvalue weighted by atomic mass is 9.82. The van der Waals surface area contributed by atoms with Crippen LogP contribution in [0, 0.1) is 11.3 Å². The molecule has 0 saturated carbocycles. The van der Waals surface area contributed by atoms with E-state index in [0.717, 1.165) is 0 Å². The fourth-order valence-corrected chi connectivity index (χ4v) is 5.30. The summed E-state index contributed by atoms with van der Waals surface area (Å²) in [6.07, 6.45) is 0. The number of carbonyl (C=O) groups excluding carboxylic acids is 2. The van der Waals surface area contributed by atoms with Gasteiger partial charge in [0.2, 0.25) is 5.91 Å². The van der Waals surface area contributed by atoms with Crippen LogP contribution in [-0.2, 0) is 9.59 Å². The summed E-state index contributed by atoms with van der Waals surface area (Å²) in [5.74, 6) is -1.30. The topological polar surface area (TPSA) is 94.0 Å². The minimum Gasteiger partial charge on any atom is -0.353 e. The summed E-state index contributed by atoms with van der Waals surface area (Å²) in [6, 6.07) is 25.3. The number of nitrogens with one attached hydrogen (secondary N) is 3. The van der Waals surface area contributed by atoms with Crippen LogP contribution in [0.4, 0.5) is 11.4 Å². The summed E-state index contributed by atoms with van der Waals surface area (Å²) in [5.41, 5.74) is 3.08. The van der Waals surface area contributed by atoms with Crippen molar-refractivity contribution in [3.63, 3.8) is 0 Å². The maximum Gasteiger partial charge on any atom is 0.254 e. The minimum absolute atomic E-state index is 0.0358. The van der Waals surface area contributed by atoms with Gasteiger partial charge in [-0.05, 0) is 48.9 Å². The predicted molar refractivity (Wildman–Crippen MR) is 150 cm³/mol. The van der Waals surface area contributed by atoms with E-state index in [2.05, 4.69) is 22.0 Å². The summed E-state index contributed by atoms with van der Waals surface area (Å²) >= 11 is 13.7. The number of carbonyl (C=O) groups is 2. The van der Waals surface area contributed by atoms with Gasteiger partial charge in [-0.15, -0.1) is 0 Å². The highest BCUT2D eigenvalue weighted by molar-refractivity contribution is 8.03. The molecule has 3 N–H and O–H groups in total. The largest absolute Gasteiger partial charge is 0.353 e. The average molecular weight is 549 g/mol. The highest BCUT2D eigenvalue weighted by Crippen LogP contribution is 2.43. The van der Waals surface area contributed by atoms with Crippen molar-refractivity contribution in [1.82, 2.24) is 5.32 Å². The van der Waals surface area contributed by atoms with E-state index in [1.54, 1.807) is 61.5 Å². The Morgan fingerprint density at radius 2 is 1.68 bits per heavy atom. The van der Waals surface area contributed by atoms with Crippen LogP contribution in [-0.4, -0.2) is 17.6 Å². The number of nitriles is 1. The van der Waals surface area contributed by atoms with E-state index in [1.165, 1.54) is 11.8 Å². The molecule has 1 aliphatic heterocycles. The number of rotatable bonds is 7. The molecule has 0 aromatic heterocycles. The number of anilines is 2. The quantitative estimate of drug-likeness (QED) is 0.305. The van der Waals surface area contributed by atoms with Crippen LogP contribution in [0.2, 0.25) is 10.0 Å². The third-order valence-electron chi connectivity index (χ3n) is 5.60. The summed E-state index contributed by atoms with van der Waals surface area (Å²) in [6.45, 7) is 1.77. The summed E-state index contributed by atoms with van der Waals surface area (Å²) in [4.78, 5) is 26.1. The van der Waals surface area contributed by atoms with Crippen molar-refractivity contribution in [3.05, 3.63) is 116 Å². The Hall–Kier alpha value is -3.70. The monoisotopic (exact) mass is 548 g/mol. The second kappa shape index (κ2) is 12.0.